The SMILES string of the molecule is COc1ccccc1C(=O)NCCCC(C)Cl. The smallest absolute Gasteiger partial charge is 0.255 e. The number of alkyl halides is 1. The molecule has 1 atom stereocenters. The topological polar surface area (TPSA) is 38.3 Å². The highest BCUT2D eigenvalue weighted by atomic mass is 35.5. The molecule has 1 amide bonds. The van der Waals surface area contributed by atoms with Gasteiger partial charge in [-0.05, 0) is 31.9 Å². The molecule has 1 unspecified atom stereocenters. The summed E-state index contributed by atoms with van der Waals surface area (Å²) in [7, 11) is 1.56. The van der Waals surface area contributed by atoms with Gasteiger partial charge in [-0.3, -0.25) is 4.79 Å². The maximum atomic E-state index is 11.8. The maximum absolute atomic E-state index is 11.8. The lowest BCUT2D eigenvalue weighted by Crippen LogP contribution is -2.25. The molecule has 1 rings (SSSR count). The highest BCUT2D eigenvalue weighted by molar-refractivity contribution is 6.20. The Kier molecular flexibility index (Phi) is 5.84. The van der Waals surface area contributed by atoms with Gasteiger partial charge in [0.15, 0.2) is 0 Å². The molecule has 0 radical (unpaired) electrons. The first-order valence-electron chi connectivity index (χ1n) is 5.70. The van der Waals surface area contributed by atoms with Crippen molar-refractivity contribution in [1.82, 2.24) is 5.32 Å². The van der Waals surface area contributed by atoms with Crippen LogP contribution in [0.2, 0.25) is 0 Å². The minimum atomic E-state index is -0.107. The Morgan fingerprint density at radius 2 is 2.18 bits per heavy atom. The third-order valence-electron chi connectivity index (χ3n) is 2.42. The minimum absolute atomic E-state index is 0.107. The second-order valence-electron chi connectivity index (χ2n) is 3.88. The summed E-state index contributed by atoms with van der Waals surface area (Å²) in [6.45, 7) is 2.58. The van der Waals surface area contributed by atoms with E-state index in [4.69, 9.17) is 16.3 Å². The second kappa shape index (κ2) is 7.17. The summed E-state index contributed by atoms with van der Waals surface area (Å²) < 4.78 is 5.13. The number of ether oxygens (including phenoxy) is 1. The Balaban J connectivity index is 2.47. The van der Waals surface area contributed by atoms with Crippen LogP contribution in [-0.4, -0.2) is 24.9 Å². The molecule has 0 saturated heterocycles. The number of hydrogen-bond donors (Lipinski definition) is 1. The van der Waals surface area contributed by atoms with Gasteiger partial charge in [-0.15, -0.1) is 11.6 Å². The maximum Gasteiger partial charge on any atom is 0.255 e. The lowest BCUT2D eigenvalue weighted by atomic mass is 10.2. The number of para-hydroxylation sites is 1. The van der Waals surface area contributed by atoms with E-state index < -0.39 is 0 Å². The zero-order chi connectivity index (χ0) is 12.7. The molecule has 0 saturated carbocycles. The number of amides is 1. The molecule has 0 bridgehead atoms. The fraction of sp³-hybridized carbons (Fsp3) is 0.462. The van der Waals surface area contributed by atoms with Crippen molar-refractivity contribution in [3.05, 3.63) is 29.8 Å². The summed E-state index contributed by atoms with van der Waals surface area (Å²) in [6.07, 6.45) is 1.78. The number of halogens is 1. The van der Waals surface area contributed by atoms with Crippen molar-refractivity contribution >= 4 is 17.5 Å². The molecule has 1 N–H and O–H groups in total. The molecule has 1 aromatic carbocycles. The van der Waals surface area contributed by atoms with Crippen molar-refractivity contribution in [1.29, 1.82) is 0 Å². The van der Waals surface area contributed by atoms with Crippen molar-refractivity contribution in [2.45, 2.75) is 25.1 Å². The number of carbonyl (C=O) groups excluding carboxylic acids is 1. The van der Waals surface area contributed by atoms with Gasteiger partial charge in [0.1, 0.15) is 5.75 Å². The van der Waals surface area contributed by atoms with Crippen LogP contribution in [0.3, 0.4) is 0 Å². The standard InChI is InChI=1S/C13H18ClNO2/c1-10(14)6-5-9-15-13(16)11-7-3-4-8-12(11)17-2/h3-4,7-8,10H,5-6,9H2,1-2H3,(H,15,16). The van der Waals surface area contributed by atoms with Gasteiger partial charge < -0.3 is 10.1 Å². The van der Waals surface area contributed by atoms with Crippen molar-refractivity contribution < 1.29 is 9.53 Å². The monoisotopic (exact) mass is 255 g/mol. The average molecular weight is 256 g/mol. The summed E-state index contributed by atoms with van der Waals surface area (Å²) in [5.41, 5.74) is 0.564. The van der Waals surface area contributed by atoms with E-state index >= 15 is 0 Å². The summed E-state index contributed by atoms with van der Waals surface area (Å²) in [6, 6.07) is 7.18. The van der Waals surface area contributed by atoms with E-state index in [1.807, 2.05) is 19.1 Å². The molecule has 1 aromatic rings. The Morgan fingerprint density at radius 1 is 1.47 bits per heavy atom. The summed E-state index contributed by atoms with van der Waals surface area (Å²) in [5.74, 6) is 0.486. The molecule has 0 aliphatic carbocycles. The number of nitrogens with one attached hydrogen (secondary N) is 1. The van der Waals surface area contributed by atoms with Crippen molar-refractivity contribution in [3.8, 4) is 5.75 Å². The fourth-order valence-electron chi connectivity index (χ4n) is 1.51. The molecule has 0 aliphatic rings. The van der Waals surface area contributed by atoms with E-state index in [0.29, 0.717) is 17.9 Å². The zero-order valence-corrected chi connectivity index (χ0v) is 11.0. The Bertz CT molecular complexity index is 366. The van der Waals surface area contributed by atoms with E-state index in [-0.39, 0.29) is 11.3 Å². The van der Waals surface area contributed by atoms with Crippen LogP contribution in [0.1, 0.15) is 30.1 Å². The Morgan fingerprint density at radius 3 is 2.82 bits per heavy atom. The molecule has 3 nitrogen and oxygen atoms in total. The van der Waals surface area contributed by atoms with Gasteiger partial charge in [-0.2, -0.15) is 0 Å². The Hall–Kier alpha value is -1.22. The van der Waals surface area contributed by atoms with Gasteiger partial charge in [0, 0.05) is 11.9 Å². The molecule has 4 heteroatoms. The normalized spacial score (nSPS) is 11.9. The van der Waals surface area contributed by atoms with Gasteiger partial charge in [-0.1, -0.05) is 12.1 Å². The van der Waals surface area contributed by atoms with Gasteiger partial charge in [0.05, 0.1) is 12.7 Å². The molecule has 17 heavy (non-hydrogen) atoms. The van der Waals surface area contributed by atoms with Gasteiger partial charge >= 0.3 is 0 Å². The largest absolute Gasteiger partial charge is 0.496 e. The van der Waals surface area contributed by atoms with Crippen LogP contribution < -0.4 is 10.1 Å². The third kappa shape index (κ3) is 4.65. The van der Waals surface area contributed by atoms with Gasteiger partial charge in [0.25, 0.3) is 5.91 Å². The predicted octanol–water partition coefficient (Wildman–Crippen LogP) is 2.83. The summed E-state index contributed by atoms with van der Waals surface area (Å²) >= 11 is 5.83. The van der Waals surface area contributed by atoms with Gasteiger partial charge in [-0.25, -0.2) is 0 Å². The second-order valence-corrected chi connectivity index (χ2v) is 4.62. The number of benzene rings is 1. The van der Waals surface area contributed by atoms with E-state index in [1.165, 1.54) is 0 Å². The van der Waals surface area contributed by atoms with Crippen molar-refractivity contribution in [2.75, 3.05) is 13.7 Å². The van der Waals surface area contributed by atoms with E-state index in [0.717, 1.165) is 12.8 Å². The first-order valence-corrected chi connectivity index (χ1v) is 6.14. The molecular formula is C13H18ClNO2. The number of carbonyl (C=O) groups is 1. The average Bonchev–Trinajstić information content (AvgIpc) is 2.34. The fourth-order valence-corrected chi connectivity index (χ4v) is 1.67. The molecule has 0 aliphatic heterocycles. The summed E-state index contributed by atoms with van der Waals surface area (Å²) in [5, 5.41) is 3.00. The first kappa shape index (κ1) is 13.8. The van der Waals surface area contributed by atoms with Crippen LogP contribution in [0.5, 0.6) is 5.75 Å². The lowest BCUT2D eigenvalue weighted by molar-refractivity contribution is 0.0950. The number of methoxy groups -OCH3 is 1. The lowest BCUT2D eigenvalue weighted by Gasteiger charge is -2.09. The molecule has 94 valence electrons. The van der Waals surface area contributed by atoms with Crippen LogP contribution in [0.25, 0.3) is 0 Å². The van der Waals surface area contributed by atoms with E-state index in [9.17, 15) is 4.79 Å². The quantitative estimate of drug-likeness (QED) is 0.627. The van der Waals surface area contributed by atoms with Crippen LogP contribution in [0, 0.1) is 0 Å². The van der Waals surface area contributed by atoms with Gasteiger partial charge in [0.2, 0.25) is 0 Å². The zero-order valence-electron chi connectivity index (χ0n) is 10.2. The highest BCUT2D eigenvalue weighted by Gasteiger charge is 2.10. The van der Waals surface area contributed by atoms with Crippen LogP contribution >= 0.6 is 11.6 Å². The van der Waals surface area contributed by atoms with E-state index in [2.05, 4.69) is 5.32 Å². The van der Waals surface area contributed by atoms with Crippen LogP contribution in [0.15, 0.2) is 24.3 Å². The Labute approximate surface area is 107 Å². The minimum Gasteiger partial charge on any atom is -0.496 e. The molecule has 0 aromatic heterocycles. The third-order valence-corrected chi connectivity index (χ3v) is 2.63. The molecule has 0 spiro atoms. The van der Waals surface area contributed by atoms with Crippen molar-refractivity contribution in [3.63, 3.8) is 0 Å². The van der Waals surface area contributed by atoms with E-state index in [1.54, 1.807) is 19.2 Å². The predicted molar refractivity (Wildman–Crippen MR) is 69.9 cm³/mol. The van der Waals surface area contributed by atoms with Crippen molar-refractivity contribution in [2.24, 2.45) is 0 Å². The molecule has 0 fully saturated rings. The van der Waals surface area contributed by atoms with Crippen LogP contribution in [-0.2, 0) is 0 Å². The molecule has 0 heterocycles. The first-order chi connectivity index (χ1) is 8.15. The summed E-state index contributed by atoms with van der Waals surface area (Å²) in [4.78, 5) is 11.8. The molecular weight excluding hydrogens is 238 g/mol. The highest BCUT2D eigenvalue weighted by Crippen LogP contribution is 2.16. The number of rotatable bonds is 6. The number of hydrogen-bond acceptors (Lipinski definition) is 2. The van der Waals surface area contributed by atoms with Crippen LogP contribution in [0.4, 0.5) is 0 Å².